The van der Waals surface area contributed by atoms with E-state index in [1.54, 1.807) is 0 Å². The Morgan fingerprint density at radius 3 is 2.43 bits per heavy atom. The van der Waals surface area contributed by atoms with Gasteiger partial charge < -0.3 is 9.47 Å². The van der Waals surface area contributed by atoms with Crippen molar-refractivity contribution in [3.63, 3.8) is 0 Å². The molecule has 0 bridgehead atoms. The fraction of sp³-hybridized carbons (Fsp3) is 1.00. The Balaban J connectivity index is 1.41. The predicted octanol–water partition coefficient (Wildman–Crippen LogP) is 5.16. The van der Waals surface area contributed by atoms with Crippen LogP contribution in [0.5, 0.6) is 0 Å². The van der Waals surface area contributed by atoms with Crippen LogP contribution in [0.15, 0.2) is 0 Å². The standard InChI is InChI=1S/C21H34O2/c1-19-8-3-4-17(19)16-6-5-15-14-21(22-12-13-23-21)11-10-20(15,2)18(16)7-9-19/h15-18H,3-14H2,1-2H3/t15-,16?,17?,18?,19?,20?/m0/s1. The lowest BCUT2D eigenvalue weighted by Crippen LogP contribution is -2.55. The average molecular weight is 319 g/mol. The molecule has 1 aliphatic heterocycles. The molecule has 0 aromatic heterocycles. The van der Waals surface area contributed by atoms with Crippen LogP contribution in [0.25, 0.3) is 0 Å². The van der Waals surface area contributed by atoms with Gasteiger partial charge in [0.2, 0.25) is 0 Å². The molecule has 0 amide bonds. The summed E-state index contributed by atoms with van der Waals surface area (Å²) in [6.07, 6.45) is 14.1. The summed E-state index contributed by atoms with van der Waals surface area (Å²) in [6.45, 7) is 6.89. The maximum absolute atomic E-state index is 6.07. The van der Waals surface area contributed by atoms with Crippen molar-refractivity contribution in [1.82, 2.24) is 0 Å². The van der Waals surface area contributed by atoms with Gasteiger partial charge in [-0.3, -0.25) is 0 Å². The van der Waals surface area contributed by atoms with E-state index >= 15 is 0 Å². The molecule has 2 nitrogen and oxygen atoms in total. The van der Waals surface area contributed by atoms with Crippen molar-refractivity contribution in [3.8, 4) is 0 Å². The summed E-state index contributed by atoms with van der Waals surface area (Å²) in [4.78, 5) is 0. The van der Waals surface area contributed by atoms with E-state index in [1.165, 1.54) is 57.8 Å². The molecule has 4 saturated carbocycles. The normalized spacial score (nSPS) is 54.5. The van der Waals surface area contributed by atoms with Gasteiger partial charge in [0.15, 0.2) is 5.79 Å². The van der Waals surface area contributed by atoms with E-state index in [0.717, 1.165) is 43.3 Å². The zero-order valence-electron chi connectivity index (χ0n) is 15.1. The highest BCUT2D eigenvalue weighted by Gasteiger charge is 2.60. The van der Waals surface area contributed by atoms with Crippen molar-refractivity contribution < 1.29 is 9.47 Å². The molecular formula is C21H34O2. The van der Waals surface area contributed by atoms with Crippen LogP contribution in [0.3, 0.4) is 0 Å². The van der Waals surface area contributed by atoms with E-state index in [2.05, 4.69) is 13.8 Å². The van der Waals surface area contributed by atoms with Crippen LogP contribution in [0.4, 0.5) is 0 Å². The largest absolute Gasteiger partial charge is 0.348 e. The summed E-state index contributed by atoms with van der Waals surface area (Å²) >= 11 is 0. The van der Waals surface area contributed by atoms with E-state index in [-0.39, 0.29) is 5.79 Å². The second-order valence-electron chi connectivity index (χ2n) is 10.1. The van der Waals surface area contributed by atoms with Crippen molar-refractivity contribution in [1.29, 1.82) is 0 Å². The summed E-state index contributed by atoms with van der Waals surface area (Å²) in [5, 5.41) is 0. The van der Waals surface area contributed by atoms with Gasteiger partial charge >= 0.3 is 0 Å². The minimum atomic E-state index is -0.187. The predicted molar refractivity (Wildman–Crippen MR) is 91.0 cm³/mol. The van der Waals surface area contributed by atoms with Crippen LogP contribution in [0, 0.1) is 34.5 Å². The Labute approximate surface area is 141 Å². The first-order valence-corrected chi connectivity index (χ1v) is 10.3. The zero-order valence-corrected chi connectivity index (χ0v) is 15.1. The summed E-state index contributed by atoms with van der Waals surface area (Å²) in [7, 11) is 0. The molecule has 5 fully saturated rings. The average Bonchev–Trinajstić information content (AvgIpc) is 3.15. The topological polar surface area (TPSA) is 18.5 Å². The molecule has 6 atom stereocenters. The lowest BCUT2D eigenvalue weighted by atomic mass is 9.45. The monoisotopic (exact) mass is 318 g/mol. The first-order valence-electron chi connectivity index (χ1n) is 10.3. The highest BCUT2D eigenvalue weighted by molar-refractivity contribution is 5.08. The molecule has 2 heteroatoms. The molecule has 1 heterocycles. The first kappa shape index (κ1) is 15.2. The van der Waals surface area contributed by atoms with Crippen LogP contribution in [0.2, 0.25) is 0 Å². The van der Waals surface area contributed by atoms with Crippen LogP contribution in [-0.4, -0.2) is 19.0 Å². The molecule has 23 heavy (non-hydrogen) atoms. The second-order valence-corrected chi connectivity index (χ2v) is 10.1. The maximum Gasteiger partial charge on any atom is 0.168 e. The highest BCUT2D eigenvalue weighted by atomic mass is 16.7. The molecular weight excluding hydrogens is 284 g/mol. The Morgan fingerprint density at radius 2 is 1.61 bits per heavy atom. The van der Waals surface area contributed by atoms with E-state index < -0.39 is 0 Å². The molecule has 0 radical (unpaired) electrons. The van der Waals surface area contributed by atoms with Crippen LogP contribution in [0.1, 0.15) is 78.1 Å². The van der Waals surface area contributed by atoms with Gasteiger partial charge in [-0.15, -0.1) is 0 Å². The van der Waals surface area contributed by atoms with Gasteiger partial charge in [-0.05, 0) is 79.4 Å². The molecule has 0 N–H and O–H groups in total. The summed E-state index contributed by atoms with van der Waals surface area (Å²) < 4.78 is 12.1. The third kappa shape index (κ3) is 2.06. The van der Waals surface area contributed by atoms with E-state index in [9.17, 15) is 0 Å². The number of ether oxygens (including phenoxy) is 2. The minimum Gasteiger partial charge on any atom is -0.348 e. The quantitative estimate of drug-likeness (QED) is 0.614. The lowest BCUT2D eigenvalue weighted by Gasteiger charge is -2.61. The molecule has 130 valence electrons. The van der Waals surface area contributed by atoms with Gasteiger partial charge in [0.1, 0.15) is 0 Å². The summed E-state index contributed by atoms with van der Waals surface area (Å²) in [5.41, 5.74) is 1.26. The molecule has 0 aromatic carbocycles. The van der Waals surface area contributed by atoms with Crippen molar-refractivity contribution in [2.24, 2.45) is 34.5 Å². The van der Waals surface area contributed by atoms with Gasteiger partial charge in [0, 0.05) is 12.8 Å². The highest BCUT2D eigenvalue weighted by Crippen LogP contribution is 2.67. The van der Waals surface area contributed by atoms with Crippen molar-refractivity contribution in [2.45, 2.75) is 83.8 Å². The van der Waals surface area contributed by atoms with E-state index in [1.807, 2.05) is 0 Å². The smallest absolute Gasteiger partial charge is 0.168 e. The van der Waals surface area contributed by atoms with E-state index in [0.29, 0.717) is 10.8 Å². The number of hydrogen-bond donors (Lipinski definition) is 0. The number of fused-ring (bicyclic) bond motifs is 5. The zero-order chi connectivity index (χ0) is 15.7. The summed E-state index contributed by atoms with van der Waals surface area (Å²) in [6, 6.07) is 0. The Kier molecular flexibility index (Phi) is 3.29. The number of hydrogen-bond acceptors (Lipinski definition) is 2. The molecule has 1 spiro atoms. The first-order chi connectivity index (χ1) is 11.0. The van der Waals surface area contributed by atoms with Gasteiger partial charge in [-0.25, -0.2) is 0 Å². The minimum absolute atomic E-state index is 0.187. The Bertz CT molecular complexity index is 482. The van der Waals surface area contributed by atoms with Gasteiger partial charge in [0.05, 0.1) is 13.2 Å². The summed E-state index contributed by atoms with van der Waals surface area (Å²) in [5.74, 6) is 3.69. The Morgan fingerprint density at radius 1 is 0.783 bits per heavy atom. The van der Waals surface area contributed by atoms with Gasteiger partial charge in [0.25, 0.3) is 0 Å². The maximum atomic E-state index is 6.07. The molecule has 5 unspecified atom stereocenters. The lowest BCUT2D eigenvalue weighted by molar-refractivity contribution is -0.229. The Hall–Kier alpha value is -0.0800. The third-order valence-corrected chi connectivity index (χ3v) is 9.26. The van der Waals surface area contributed by atoms with Gasteiger partial charge in [-0.1, -0.05) is 20.3 Å². The molecule has 5 rings (SSSR count). The molecule has 1 saturated heterocycles. The molecule has 0 aromatic rings. The van der Waals surface area contributed by atoms with Crippen molar-refractivity contribution in [3.05, 3.63) is 0 Å². The molecule has 4 aliphatic carbocycles. The fourth-order valence-corrected chi connectivity index (χ4v) is 7.95. The van der Waals surface area contributed by atoms with Crippen LogP contribution >= 0.6 is 0 Å². The van der Waals surface area contributed by atoms with Gasteiger partial charge in [-0.2, -0.15) is 0 Å². The van der Waals surface area contributed by atoms with Crippen molar-refractivity contribution >= 4 is 0 Å². The third-order valence-electron chi connectivity index (χ3n) is 9.26. The number of rotatable bonds is 0. The van der Waals surface area contributed by atoms with Crippen LogP contribution < -0.4 is 0 Å². The SMILES string of the molecule is CC12CCCC1C1CC[C@H]3CC4(CCC3(C)C1CC2)OCCO4. The second kappa shape index (κ2) is 4.97. The van der Waals surface area contributed by atoms with E-state index in [4.69, 9.17) is 9.47 Å². The molecule has 5 aliphatic rings. The van der Waals surface area contributed by atoms with Crippen molar-refractivity contribution in [2.75, 3.05) is 13.2 Å². The fourth-order valence-electron chi connectivity index (χ4n) is 7.95. The van der Waals surface area contributed by atoms with Crippen LogP contribution in [-0.2, 0) is 9.47 Å².